The van der Waals surface area contributed by atoms with E-state index in [4.69, 9.17) is 9.97 Å². The smallest absolute Gasteiger partial charge is 0.308 e. The molecule has 6 nitrogen and oxygen atoms in total. The molecule has 70 heavy (non-hydrogen) atoms. The van der Waals surface area contributed by atoms with E-state index in [1.54, 1.807) is 12.1 Å². The third-order valence-electron chi connectivity index (χ3n) is 13.0. The van der Waals surface area contributed by atoms with Crippen molar-refractivity contribution < 1.29 is 13.2 Å². The van der Waals surface area contributed by atoms with Crippen LogP contribution in [0.15, 0.2) is 212 Å². The highest BCUT2D eigenvalue weighted by Gasteiger charge is 2.36. The second kappa shape index (κ2) is 16.6. The fraction of sp³-hybridized carbons (Fsp3) is 0.0164. The van der Waals surface area contributed by atoms with Crippen molar-refractivity contribution in [3.63, 3.8) is 0 Å². The molecule has 4 heterocycles. The van der Waals surface area contributed by atoms with Crippen molar-refractivity contribution in [2.45, 2.75) is 6.18 Å². The van der Waals surface area contributed by atoms with Gasteiger partial charge in [-0.05, 0) is 78.4 Å². The largest absolute Gasteiger partial charge is 0.417 e. The van der Waals surface area contributed by atoms with Crippen LogP contribution in [-0.4, -0.2) is 19.1 Å². The van der Waals surface area contributed by atoms with Gasteiger partial charge in [-0.25, -0.2) is 9.97 Å². The van der Waals surface area contributed by atoms with Crippen molar-refractivity contribution in [2.24, 2.45) is 0 Å². The molecule has 4 aromatic heterocycles. The number of nitrogens with zero attached hydrogens (tertiary/aromatic N) is 6. The van der Waals surface area contributed by atoms with E-state index < -0.39 is 11.7 Å². The summed E-state index contributed by atoms with van der Waals surface area (Å²) in [7, 11) is 0. The van der Waals surface area contributed by atoms with E-state index in [-0.39, 0.29) is 22.3 Å². The lowest BCUT2D eigenvalue weighted by molar-refractivity contribution is -0.137. The number of alkyl halides is 3. The molecule has 0 aliphatic carbocycles. The molecule has 330 valence electrons. The number of benzene rings is 8. The average Bonchev–Trinajstić information content (AvgIpc) is 3.92. The monoisotopic (exact) mass is 908 g/mol. The third-order valence-corrected chi connectivity index (χ3v) is 13.0. The van der Waals surface area contributed by atoms with Crippen LogP contribution in [0.2, 0.25) is 0 Å². The number of nitriles is 2. The highest BCUT2D eigenvalue weighted by Crippen LogP contribution is 2.45. The molecule has 9 heteroatoms. The number of hydrogen-bond acceptors (Lipinski definition) is 4. The van der Waals surface area contributed by atoms with Crippen LogP contribution in [-0.2, 0) is 6.18 Å². The minimum absolute atomic E-state index is 0.118. The average molecular weight is 909 g/mol. The molecular formula is C61H35F3N6. The van der Waals surface area contributed by atoms with Gasteiger partial charge < -0.3 is 9.13 Å². The lowest BCUT2D eigenvalue weighted by atomic mass is 9.92. The molecule has 0 atom stereocenters. The highest BCUT2D eigenvalue weighted by molar-refractivity contribution is 6.12. The van der Waals surface area contributed by atoms with Crippen LogP contribution >= 0.6 is 0 Å². The van der Waals surface area contributed by atoms with E-state index >= 15 is 13.2 Å². The Balaban J connectivity index is 1.17. The van der Waals surface area contributed by atoms with Crippen molar-refractivity contribution in [1.29, 1.82) is 10.5 Å². The molecule has 0 aliphatic rings. The minimum Gasteiger partial charge on any atom is -0.308 e. The molecule has 12 rings (SSSR count). The molecule has 0 spiro atoms. The summed E-state index contributed by atoms with van der Waals surface area (Å²) in [6, 6.07) is 70.8. The predicted molar refractivity (Wildman–Crippen MR) is 272 cm³/mol. The third kappa shape index (κ3) is 6.96. The van der Waals surface area contributed by atoms with Gasteiger partial charge in [0, 0.05) is 49.4 Å². The SMILES string of the molecule is N#Cc1cccc(C(F)(F)F)c1-c1cc(-n2c3ccccc3c3ccc(-c4cccc(-c5ccccc5)n4)cc32)c(C#N)c(-n2c3ccccc3c3ccc(-c4cccc(-c5ccccc5)n4)cc32)c1. The predicted octanol–water partition coefficient (Wildman–Crippen LogP) is 15.8. The zero-order valence-corrected chi connectivity index (χ0v) is 37.0. The maximum Gasteiger partial charge on any atom is 0.417 e. The normalized spacial score (nSPS) is 11.6. The van der Waals surface area contributed by atoms with E-state index in [1.807, 2.05) is 191 Å². The van der Waals surface area contributed by atoms with Gasteiger partial charge in [-0.3, -0.25) is 0 Å². The Hall–Kier alpha value is -9.57. The Labute approximate surface area is 399 Å². The number of hydrogen-bond donors (Lipinski definition) is 0. The topological polar surface area (TPSA) is 83.2 Å². The molecule has 0 aliphatic heterocycles. The van der Waals surface area contributed by atoms with Crippen LogP contribution in [0, 0.1) is 22.7 Å². The van der Waals surface area contributed by atoms with E-state index in [2.05, 4.69) is 12.1 Å². The fourth-order valence-corrected chi connectivity index (χ4v) is 9.93. The second-order valence-corrected chi connectivity index (χ2v) is 17.1. The lowest BCUT2D eigenvalue weighted by Crippen LogP contribution is -2.10. The number of halogens is 3. The Morgan fingerprint density at radius 2 is 0.800 bits per heavy atom. The molecular weight excluding hydrogens is 874 g/mol. The van der Waals surface area contributed by atoms with Crippen LogP contribution in [0.3, 0.4) is 0 Å². The highest BCUT2D eigenvalue weighted by atomic mass is 19.4. The van der Waals surface area contributed by atoms with Gasteiger partial charge >= 0.3 is 6.18 Å². The van der Waals surface area contributed by atoms with E-state index in [0.717, 1.165) is 83.7 Å². The van der Waals surface area contributed by atoms with Gasteiger partial charge in [0.1, 0.15) is 11.6 Å². The molecule has 0 fully saturated rings. The Bertz CT molecular complexity index is 3920. The van der Waals surface area contributed by atoms with Crippen LogP contribution in [0.5, 0.6) is 0 Å². The maximum atomic E-state index is 15.3. The molecule has 0 amide bonds. The molecule has 0 radical (unpaired) electrons. The molecule has 12 aromatic rings. The molecule has 0 saturated heterocycles. The second-order valence-electron chi connectivity index (χ2n) is 17.1. The first-order valence-corrected chi connectivity index (χ1v) is 22.6. The fourth-order valence-electron chi connectivity index (χ4n) is 9.93. The minimum atomic E-state index is -4.82. The van der Waals surface area contributed by atoms with Crippen molar-refractivity contribution >= 4 is 43.6 Å². The van der Waals surface area contributed by atoms with Crippen molar-refractivity contribution in [2.75, 3.05) is 0 Å². The van der Waals surface area contributed by atoms with Crippen LogP contribution in [0.4, 0.5) is 13.2 Å². The van der Waals surface area contributed by atoms with Gasteiger partial charge in [-0.2, -0.15) is 23.7 Å². The van der Waals surface area contributed by atoms with Crippen LogP contribution in [0.1, 0.15) is 16.7 Å². The van der Waals surface area contributed by atoms with E-state index in [0.29, 0.717) is 22.4 Å². The maximum absolute atomic E-state index is 15.3. The van der Waals surface area contributed by atoms with Gasteiger partial charge in [0.15, 0.2) is 0 Å². The lowest BCUT2D eigenvalue weighted by Gasteiger charge is -2.21. The summed E-state index contributed by atoms with van der Waals surface area (Å²) in [6.07, 6.45) is -4.82. The van der Waals surface area contributed by atoms with Crippen molar-refractivity contribution in [1.82, 2.24) is 19.1 Å². The quantitative estimate of drug-likeness (QED) is 0.159. The zero-order chi connectivity index (χ0) is 47.5. The summed E-state index contributed by atoms with van der Waals surface area (Å²) < 4.78 is 49.8. The summed E-state index contributed by atoms with van der Waals surface area (Å²) in [5.41, 5.74) is 9.08. The number of aromatic nitrogens is 4. The molecule has 0 saturated carbocycles. The van der Waals surface area contributed by atoms with Crippen LogP contribution in [0.25, 0.3) is 111 Å². The van der Waals surface area contributed by atoms with Gasteiger partial charge in [0.25, 0.3) is 0 Å². The van der Waals surface area contributed by atoms with Crippen molar-refractivity contribution in [3.8, 4) is 79.7 Å². The van der Waals surface area contributed by atoms with Gasteiger partial charge in [-0.1, -0.05) is 140 Å². The number of pyridine rings is 2. The summed E-state index contributed by atoms with van der Waals surface area (Å²) in [5.74, 6) is 0. The summed E-state index contributed by atoms with van der Waals surface area (Å²) in [4.78, 5) is 10.1. The van der Waals surface area contributed by atoms with E-state index in [9.17, 15) is 10.5 Å². The van der Waals surface area contributed by atoms with Gasteiger partial charge in [0.05, 0.1) is 73.4 Å². The number of para-hydroxylation sites is 2. The molecule has 8 aromatic carbocycles. The van der Waals surface area contributed by atoms with Crippen LogP contribution < -0.4 is 0 Å². The Kier molecular flexibility index (Phi) is 9.94. The first-order chi connectivity index (χ1) is 34.3. The first kappa shape index (κ1) is 41.8. The van der Waals surface area contributed by atoms with E-state index in [1.165, 1.54) is 12.1 Å². The summed E-state index contributed by atoms with van der Waals surface area (Å²) in [5, 5.41) is 25.7. The molecule has 0 bridgehead atoms. The standard InChI is InChI=1S/C61H35F3N6/c62-61(63,64)49-21-11-18-42(36-65)60(49)43-34-58(69-54-26-9-7-19-44(54)46-30-28-40(32-56(46)69)52-24-12-22-50(67-52)38-14-3-1-4-15-38)48(37-66)59(35-43)70-55-27-10-8-20-45(55)47-31-29-41(33-57(47)70)53-25-13-23-51(68-53)39-16-5-2-6-17-39/h1-35H. The summed E-state index contributed by atoms with van der Waals surface area (Å²) >= 11 is 0. The number of rotatable bonds is 7. The first-order valence-electron chi connectivity index (χ1n) is 22.6. The Morgan fingerprint density at radius 3 is 1.26 bits per heavy atom. The van der Waals surface area contributed by atoms with Gasteiger partial charge in [-0.15, -0.1) is 0 Å². The van der Waals surface area contributed by atoms with Gasteiger partial charge in [0.2, 0.25) is 0 Å². The molecule has 0 N–H and O–H groups in total. The molecule has 0 unspecified atom stereocenters. The Morgan fingerprint density at radius 1 is 0.371 bits per heavy atom. The number of fused-ring (bicyclic) bond motifs is 6. The summed E-state index contributed by atoms with van der Waals surface area (Å²) in [6.45, 7) is 0. The zero-order valence-electron chi connectivity index (χ0n) is 37.0. The van der Waals surface area contributed by atoms with Crippen molar-refractivity contribution in [3.05, 3.63) is 229 Å².